The van der Waals surface area contributed by atoms with Crippen LogP contribution in [0.3, 0.4) is 0 Å². The number of rotatable bonds is 9. The Labute approximate surface area is 229 Å². The fourth-order valence-corrected chi connectivity index (χ4v) is 6.86. The summed E-state index contributed by atoms with van der Waals surface area (Å²) in [6, 6.07) is 22.9. The van der Waals surface area contributed by atoms with E-state index in [0.29, 0.717) is 0 Å². The van der Waals surface area contributed by atoms with Gasteiger partial charge in [-0.05, 0) is 88.3 Å². The first kappa shape index (κ1) is 29.9. The summed E-state index contributed by atoms with van der Waals surface area (Å²) in [7, 11) is 0. The van der Waals surface area contributed by atoms with Crippen molar-refractivity contribution in [3.05, 3.63) is 71.8 Å². The van der Waals surface area contributed by atoms with E-state index in [-0.39, 0.29) is 11.1 Å². The standard InChI is InChI=1S/C17H25N.C16H25N.C2H6/c1-17(15-10-5-6-11-15,18-16-12-7-13-16)14-8-3-2-4-9-14;1-3-13-17-16(2,15-11-7-8-12-15)14-9-5-4-6-10-14;1-2/h2-4,8-9,15-16,18H,5-7,10-13H2,1H3;4-6,9-10,15,17H,3,7-8,11-13H2,1-2H3;1-2H3. The molecule has 0 aliphatic heterocycles. The average molecular weight is 505 g/mol. The van der Waals surface area contributed by atoms with Gasteiger partial charge in [0.25, 0.3) is 0 Å². The van der Waals surface area contributed by atoms with Gasteiger partial charge in [0.1, 0.15) is 0 Å². The van der Waals surface area contributed by atoms with Crippen LogP contribution in [0.1, 0.15) is 123 Å². The fourth-order valence-electron chi connectivity index (χ4n) is 6.86. The molecule has 0 radical (unpaired) electrons. The second-order valence-corrected chi connectivity index (χ2v) is 11.8. The molecule has 2 atom stereocenters. The lowest BCUT2D eigenvalue weighted by molar-refractivity contribution is 0.171. The van der Waals surface area contributed by atoms with Gasteiger partial charge < -0.3 is 10.6 Å². The maximum atomic E-state index is 3.99. The predicted octanol–water partition coefficient (Wildman–Crippen LogP) is 9.35. The first-order chi connectivity index (χ1) is 18.1. The van der Waals surface area contributed by atoms with Gasteiger partial charge in [0.2, 0.25) is 0 Å². The predicted molar refractivity (Wildman–Crippen MR) is 162 cm³/mol. The summed E-state index contributed by atoms with van der Waals surface area (Å²) < 4.78 is 0. The molecular weight excluding hydrogens is 448 g/mol. The summed E-state index contributed by atoms with van der Waals surface area (Å²) in [6.45, 7) is 12.2. The van der Waals surface area contributed by atoms with E-state index in [0.717, 1.165) is 24.4 Å². The Morgan fingerprint density at radius 1 is 0.622 bits per heavy atom. The number of hydrogen-bond donors (Lipinski definition) is 2. The molecule has 2 heteroatoms. The van der Waals surface area contributed by atoms with Gasteiger partial charge in [-0.2, -0.15) is 0 Å². The van der Waals surface area contributed by atoms with Crippen molar-refractivity contribution in [1.29, 1.82) is 0 Å². The first-order valence-electron chi connectivity index (χ1n) is 15.7. The van der Waals surface area contributed by atoms with Crippen LogP contribution in [0.2, 0.25) is 0 Å². The van der Waals surface area contributed by atoms with Crippen LogP contribution in [0.25, 0.3) is 0 Å². The smallest absolute Gasteiger partial charge is 0.0436 e. The Balaban J connectivity index is 0.000000193. The van der Waals surface area contributed by atoms with E-state index in [1.54, 1.807) is 0 Å². The molecule has 206 valence electrons. The minimum absolute atomic E-state index is 0.174. The Kier molecular flexibility index (Phi) is 12.2. The van der Waals surface area contributed by atoms with E-state index >= 15 is 0 Å². The molecular formula is C35H56N2. The van der Waals surface area contributed by atoms with Crippen molar-refractivity contribution >= 4 is 0 Å². The molecule has 0 saturated heterocycles. The molecule has 0 heterocycles. The highest BCUT2D eigenvalue weighted by molar-refractivity contribution is 5.26. The van der Waals surface area contributed by atoms with E-state index in [1.807, 2.05) is 13.8 Å². The van der Waals surface area contributed by atoms with Crippen molar-refractivity contribution in [2.24, 2.45) is 11.8 Å². The molecule has 2 nitrogen and oxygen atoms in total. The molecule has 0 amide bonds. The second kappa shape index (κ2) is 15.1. The van der Waals surface area contributed by atoms with Crippen LogP contribution in [0, 0.1) is 11.8 Å². The van der Waals surface area contributed by atoms with E-state index in [2.05, 4.69) is 92.1 Å². The van der Waals surface area contributed by atoms with Crippen LogP contribution < -0.4 is 10.6 Å². The monoisotopic (exact) mass is 504 g/mol. The van der Waals surface area contributed by atoms with Gasteiger partial charge in [-0.25, -0.2) is 0 Å². The number of benzene rings is 2. The lowest BCUT2D eigenvalue weighted by atomic mass is 9.76. The molecule has 0 aromatic heterocycles. The molecule has 2 N–H and O–H groups in total. The summed E-state index contributed by atoms with van der Waals surface area (Å²) in [6.07, 6.45) is 16.5. The molecule has 0 spiro atoms. The molecule has 3 fully saturated rings. The van der Waals surface area contributed by atoms with Crippen LogP contribution in [-0.4, -0.2) is 12.6 Å². The molecule has 2 aromatic carbocycles. The van der Waals surface area contributed by atoms with Gasteiger partial charge in [0, 0.05) is 17.1 Å². The highest BCUT2D eigenvalue weighted by Crippen LogP contribution is 2.42. The van der Waals surface area contributed by atoms with E-state index in [1.165, 1.54) is 88.2 Å². The Hall–Kier alpha value is -1.64. The van der Waals surface area contributed by atoms with Crippen LogP contribution >= 0.6 is 0 Å². The van der Waals surface area contributed by atoms with E-state index in [9.17, 15) is 0 Å². The zero-order valence-corrected chi connectivity index (χ0v) is 24.7. The third-order valence-electron chi connectivity index (χ3n) is 9.44. The highest BCUT2D eigenvalue weighted by Gasteiger charge is 2.40. The Bertz CT molecular complexity index is 849. The Morgan fingerprint density at radius 3 is 1.46 bits per heavy atom. The third-order valence-corrected chi connectivity index (χ3v) is 9.44. The summed E-state index contributed by atoms with van der Waals surface area (Å²) in [5.41, 5.74) is 3.32. The number of nitrogens with one attached hydrogen (secondary N) is 2. The normalized spacial score (nSPS) is 21.5. The maximum Gasteiger partial charge on any atom is 0.0436 e. The largest absolute Gasteiger partial charge is 0.307 e. The molecule has 5 rings (SSSR count). The fraction of sp³-hybridized carbons (Fsp3) is 0.657. The lowest BCUT2D eigenvalue weighted by Crippen LogP contribution is -2.52. The molecule has 3 saturated carbocycles. The van der Waals surface area contributed by atoms with Crippen LogP contribution in [-0.2, 0) is 11.1 Å². The SMILES string of the molecule is CC.CC(NC1CCC1)(c1ccccc1)C1CCCC1.CCCNC(C)(c1ccccc1)C1CCCC1. The summed E-state index contributed by atoms with van der Waals surface area (Å²) in [5.74, 6) is 1.62. The highest BCUT2D eigenvalue weighted by atomic mass is 15.0. The van der Waals surface area contributed by atoms with Gasteiger partial charge in [-0.1, -0.05) is 114 Å². The van der Waals surface area contributed by atoms with Gasteiger partial charge in [-0.15, -0.1) is 0 Å². The molecule has 3 aliphatic rings. The van der Waals surface area contributed by atoms with Gasteiger partial charge in [-0.3, -0.25) is 0 Å². The van der Waals surface area contributed by atoms with Crippen LogP contribution in [0.15, 0.2) is 60.7 Å². The maximum absolute atomic E-state index is 3.99. The lowest BCUT2D eigenvalue weighted by Gasteiger charge is -2.43. The van der Waals surface area contributed by atoms with Crippen molar-refractivity contribution in [1.82, 2.24) is 10.6 Å². The minimum atomic E-state index is 0.174. The topological polar surface area (TPSA) is 24.1 Å². The third kappa shape index (κ3) is 7.70. The molecule has 2 unspecified atom stereocenters. The van der Waals surface area contributed by atoms with Crippen molar-refractivity contribution in [2.75, 3.05) is 6.54 Å². The molecule has 2 aromatic rings. The van der Waals surface area contributed by atoms with Crippen LogP contribution in [0.5, 0.6) is 0 Å². The van der Waals surface area contributed by atoms with Crippen molar-refractivity contribution in [2.45, 2.75) is 129 Å². The average Bonchev–Trinajstić information content (AvgIpc) is 3.68. The first-order valence-corrected chi connectivity index (χ1v) is 15.7. The molecule has 3 aliphatic carbocycles. The van der Waals surface area contributed by atoms with Crippen molar-refractivity contribution < 1.29 is 0 Å². The zero-order chi connectivity index (χ0) is 26.6. The summed E-state index contributed by atoms with van der Waals surface area (Å²) >= 11 is 0. The number of hydrogen-bond acceptors (Lipinski definition) is 2. The van der Waals surface area contributed by atoms with E-state index in [4.69, 9.17) is 0 Å². The van der Waals surface area contributed by atoms with Gasteiger partial charge in [0.05, 0.1) is 0 Å². The van der Waals surface area contributed by atoms with Crippen molar-refractivity contribution in [3.8, 4) is 0 Å². The Morgan fingerprint density at radius 2 is 1.05 bits per heavy atom. The quantitative estimate of drug-likeness (QED) is 0.355. The summed E-state index contributed by atoms with van der Waals surface area (Å²) in [4.78, 5) is 0. The minimum Gasteiger partial charge on any atom is -0.307 e. The summed E-state index contributed by atoms with van der Waals surface area (Å²) in [5, 5.41) is 7.79. The van der Waals surface area contributed by atoms with Crippen LogP contribution in [0.4, 0.5) is 0 Å². The van der Waals surface area contributed by atoms with Gasteiger partial charge in [0.15, 0.2) is 0 Å². The van der Waals surface area contributed by atoms with Gasteiger partial charge >= 0.3 is 0 Å². The zero-order valence-electron chi connectivity index (χ0n) is 24.7. The van der Waals surface area contributed by atoms with E-state index < -0.39 is 0 Å². The second-order valence-electron chi connectivity index (χ2n) is 11.8. The molecule has 37 heavy (non-hydrogen) atoms. The molecule has 0 bridgehead atoms. The van der Waals surface area contributed by atoms with Crippen molar-refractivity contribution in [3.63, 3.8) is 0 Å².